The molecule has 60 valence electrons. The van der Waals surface area contributed by atoms with Gasteiger partial charge in [-0.2, -0.15) is 0 Å². The predicted octanol–water partition coefficient (Wildman–Crippen LogP) is 1.35. The third kappa shape index (κ3) is 4.53. The number of aliphatic hydroxyl groups excluding tert-OH is 1. The van der Waals surface area contributed by atoms with Gasteiger partial charge in [-0.05, 0) is 12.8 Å². The highest BCUT2D eigenvalue weighted by Crippen LogP contribution is 1.97. The Kier molecular flexibility index (Phi) is 6.55. The van der Waals surface area contributed by atoms with E-state index in [2.05, 4.69) is 6.58 Å². The van der Waals surface area contributed by atoms with Gasteiger partial charge in [0.25, 0.3) is 0 Å². The Labute approximate surface area is 62.5 Å². The largest absolute Gasteiger partial charge is 0.394 e. The molecule has 1 N–H and O–H groups in total. The molecule has 0 aromatic rings. The molecule has 0 heterocycles. The standard InChI is InChI=1S/C8H16O2/c1-3-5-6-10-8(4-2)7-9/h3,8-9H,1,4-7H2,2H3. The van der Waals surface area contributed by atoms with Gasteiger partial charge in [0.2, 0.25) is 0 Å². The highest BCUT2D eigenvalue weighted by Gasteiger charge is 2.01. The van der Waals surface area contributed by atoms with Crippen LogP contribution in [0.1, 0.15) is 19.8 Å². The second-order valence-electron chi connectivity index (χ2n) is 2.16. The molecule has 0 aromatic carbocycles. The van der Waals surface area contributed by atoms with Crippen LogP contribution in [0, 0.1) is 0 Å². The summed E-state index contributed by atoms with van der Waals surface area (Å²) in [6.07, 6.45) is 3.55. The number of hydrogen-bond donors (Lipinski definition) is 1. The monoisotopic (exact) mass is 144 g/mol. The van der Waals surface area contributed by atoms with Crippen molar-refractivity contribution >= 4 is 0 Å². The Morgan fingerprint density at radius 3 is 2.80 bits per heavy atom. The van der Waals surface area contributed by atoms with E-state index in [1.807, 2.05) is 13.0 Å². The summed E-state index contributed by atoms with van der Waals surface area (Å²) >= 11 is 0. The van der Waals surface area contributed by atoms with Crippen LogP contribution in [0.2, 0.25) is 0 Å². The molecule has 10 heavy (non-hydrogen) atoms. The van der Waals surface area contributed by atoms with E-state index >= 15 is 0 Å². The van der Waals surface area contributed by atoms with Gasteiger partial charge in [-0.25, -0.2) is 0 Å². The molecule has 0 saturated carbocycles. The highest BCUT2D eigenvalue weighted by atomic mass is 16.5. The maximum Gasteiger partial charge on any atom is 0.0803 e. The van der Waals surface area contributed by atoms with Crippen LogP contribution in [0.3, 0.4) is 0 Å². The average Bonchev–Trinajstić information content (AvgIpc) is 1.99. The summed E-state index contributed by atoms with van der Waals surface area (Å²) in [5.41, 5.74) is 0. The van der Waals surface area contributed by atoms with Crippen LogP contribution in [0.15, 0.2) is 12.7 Å². The van der Waals surface area contributed by atoms with Gasteiger partial charge in [0.05, 0.1) is 19.3 Å². The first-order chi connectivity index (χ1) is 4.85. The average molecular weight is 144 g/mol. The van der Waals surface area contributed by atoms with Crippen molar-refractivity contribution < 1.29 is 9.84 Å². The van der Waals surface area contributed by atoms with Crippen molar-refractivity contribution in [3.63, 3.8) is 0 Å². The Hall–Kier alpha value is -0.340. The third-order valence-corrected chi connectivity index (χ3v) is 1.33. The van der Waals surface area contributed by atoms with E-state index in [0.29, 0.717) is 6.61 Å². The molecule has 0 radical (unpaired) electrons. The van der Waals surface area contributed by atoms with Crippen molar-refractivity contribution in [2.75, 3.05) is 13.2 Å². The molecule has 0 aliphatic carbocycles. The zero-order valence-corrected chi connectivity index (χ0v) is 6.55. The van der Waals surface area contributed by atoms with Crippen LogP contribution in [0.5, 0.6) is 0 Å². The molecule has 0 fully saturated rings. The number of hydrogen-bond acceptors (Lipinski definition) is 2. The minimum atomic E-state index is 0.0138. The molecule has 0 rings (SSSR count). The summed E-state index contributed by atoms with van der Waals surface area (Å²) in [5.74, 6) is 0. The molecule has 0 aliphatic heterocycles. The van der Waals surface area contributed by atoms with Gasteiger partial charge < -0.3 is 9.84 Å². The second-order valence-corrected chi connectivity index (χ2v) is 2.16. The molecule has 0 spiro atoms. The minimum absolute atomic E-state index is 0.0138. The fourth-order valence-electron chi connectivity index (χ4n) is 0.618. The summed E-state index contributed by atoms with van der Waals surface area (Å²) < 4.78 is 5.26. The van der Waals surface area contributed by atoms with Crippen molar-refractivity contribution in [2.24, 2.45) is 0 Å². The lowest BCUT2D eigenvalue weighted by Crippen LogP contribution is -2.16. The summed E-state index contributed by atoms with van der Waals surface area (Å²) in [4.78, 5) is 0. The van der Waals surface area contributed by atoms with E-state index in [-0.39, 0.29) is 12.7 Å². The topological polar surface area (TPSA) is 29.5 Å². The van der Waals surface area contributed by atoms with Gasteiger partial charge >= 0.3 is 0 Å². The highest BCUT2D eigenvalue weighted by molar-refractivity contribution is 4.65. The maximum atomic E-state index is 8.67. The van der Waals surface area contributed by atoms with Crippen molar-refractivity contribution in [3.8, 4) is 0 Å². The van der Waals surface area contributed by atoms with Gasteiger partial charge in [0, 0.05) is 0 Å². The summed E-state index contributed by atoms with van der Waals surface area (Å²) in [6.45, 7) is 6.35. The zero-order valence-electron chi connectivity index (χ0n) is 6.55. The van der Waals surface area contributed by atoms with Gasteiger partial charge in [0.1, 0.15) is 0 Å². The lowest BCUT2D eigenvalue weighted by Gasteiger charge is -2.11. The molecule has 2 nitrogen and oxygen atoms in total. The summed E-state index contributed by atoms with van der Waals surface area (Å²) in [7, 11) is 0. The van der Waals surface area contributed by atoms with E-state index in [1.165, 1.54) is 0 Å². The predicted molar refractivity (Wildman–Crippen MR) is 41.9 cm³/mol. The molecule has 0 bridgehead atoms. The quantitative estimate of drug-likeness (QED) is 0.450. The molecular weight excluding hydrogens is 128 g/mol. The van der Waals surface area contributed by atoms with Crippen LogP contribution in [-0.2, 0) is 4.74 Å². The molecule has 0 amide bonds. The fraction of sp³-hybridized carbons (Fsp3) is 0.750. The molecule has 2 heteroatoms. The first-order valence-corrected chi connectivity index (χ1v) is 3.68. The van der Waals surface area contributed by atoms with E-state index in [9.17, 15) is 0 Å². The van der Waals surface area contributed by atoms with Gasteiger partial charge in [-0.1, -0.05) is 13.0 Å². The zero-order chi connectivity index (χ0) is 7.82. The van der Waals surface area contributed by atoms with E-state index in [4.69, 9.17) is 9.84 Å². The molecule has 0 aromatic heterocycles. The SMILES string of the molecule is C=CCCOC(CC)CO. The normalized spacial score (nSPS) is 13.0. The Morgan fingerprint density at radius 1 is 1.70 bits per heavy atom. The lowest BCUT2D eigenvalue weighted by molar-refractivity contribution is 0.0135. The van der Waals surface area contributed by atoms with Crippen LogP contribution in [0.4, 0.5) is 0 Å². The van der Waals surface area contributed by atoms with Crippen LogP contribution in [-0.4, -0.2) is 24.4 Å². The van der Waals surface area contributed by atoms with Gasteiger partial charge in [0.15, 0.2) is 0 Å². The second kappa shape index (κ2) is 6.78. The molecular formula is C8H16O2. The smallest absolute Gasteiger partial charge is 0.0803 e. The van der Waals surface area contributed by atoms with Crippen molar-refractivity contribution in [1.82, 2.24) is 0 Å². The number of ether oxygens (including phenoxy) is 1. The summed E-state index contributed by atoms with van der Waals surface area (Å²) in [5, 5.41) is 8.67. The van der Waals surface area contributed by atoms with Crippen molar-refractivity contribution in [1.29, 1.82) is 0 Å². The lowest BCUT2D eigenvalue weighted by atomic mass is 10.3. The fourth-order valence-corrected chi connectivity index (χ4v) is 0.618. The molecule has 0 aliphatic rings. The van der Waals surface area contributed by atoms with Gasteiger partial charge in [-0.3, -0.25) is 0 Å². The first kappa shape index (κ1) is 9.66. The Morgan fingerprint density at radius 2 is 2.40 bits per heavy atom. The van der Waals surface area contributed by atoms with Crippen LogP contribution < -0.4 is 0 Å². The van der Waals surface area contributed by atoms with Gasteiger partial charge in [-0.15, -0.1) is 6.58 Å². The van der Waals surface area contributed by atoms with E-state index < -0.39 is 0 Å². The Bertz CT molecular complexity index is 77.3. The number of rotatable bonds is 6. The third-order valence-electron chi connectivity index (χ3n) is 1.33. The van der Waals surface area contributed by atoms with Crippen LogP contribution in [0.25, 0.3) is 0 Å². The molecule has 0 saturated heterocycles. The first-order valence-electron chi connectivity index (χ1n) is 3.68. The molecule has 1 unspecified atom stereocenters. The minimum Gasteiger partial charge on any atom is -0.394 e. The summed E-state index contributed by atoms with van der Waals surface area (Å²) in [6, 6.07) is 0. The van der Waals surface area contributed by atoms with E-state index in [1.54, 1.807) is 0 Å². The maximum absolute atomic E-state index is 8.67. The van der Waals surface area contributed by atoms with Crippen LogP contribution >= 0.6 is 0 Å². The van der Waals surface area contributed by atoms with Crippen molar-refractivity contribution in [2.45, 2.75) is 25.9 Å². The molecule has 1 atom stereocenters. The van der Waals surface area contributed by atoms with Crippen molar-refractivity contribution in [3.05, 3.63) is 12.7 Å². The van der Waals surface area contributed by atoms with E-state index in [0.717, 1.165) is 12.8 Å². The Balaban J connectivity index is 3.16. The number of aliphatic hydroxyl groups is 1.